The molecule has 13 heavy (non-hydrogen) atoms. The van der Waals surface area contributed by atoms with Gasteiger partial charge in [0, 0.05) is 0 Å². The fourth-order valence-corrected chi connectivity index (χ4v) is 1.80. The number of ether oxygens (including phenoxy) is 1. The normalized spacial score (nSPS) is 8.38. The first-order valence-electron chi connectivity index (χ1n) is 3.34. The van der Waals surface area contributed by atoms with E-state index < -0.39 is 0 Å². The molecule has 0 heterocycles. The Balaban J connectivity index is 0.00000144. The second kappa shape index (κ2) is 5.85. The predicted molar refractivity (Wildman–Crippen MR) is 46.5 cm³/mol. The van der Waals surface area contributed by atoms with E-state index in [2.05, 4.69) is 10.7 Å². The molecule has 0 atom stereocenters. The van der Waals surface area contributed by atoms with Gasteiger partial charge in [-0.05, 0) is 0 Å². The molecule has 70 valence electrons. The van der Waals surface area contributed by atoms with E-state index in [0.29, 0.717) is 0 Å². The summed E-state index contributed by atoms with van der Waals surface area (Å²) in [4.78, 5) is 2.14. The van der Waals surface area contributed by atoms with Gasteiger partial charge in [-0.2, -0.15) is 0 Å². The van der Waals surface area contributed by atoms with Gasteiger partial charge in [-0.15, -0.1) is 0 Å². The molecule has 0 saturated heterocycles. The van der Waals surface area contributed by atoms with Gasteiger partial charge in [0.25, 0.3) is 0 Å². The van der Waals surface area contributed by atoms with Crippen molar-refractivity contribution in [2.75, 3.05) is 7.11 Å². The van der Waals surface area contributed by atoms with Gasteiger partial charge in [-0.25, -0.2) is 0 Å². The minimum Gasteiger partial charge on any atom is -1.00 e. The summed E-state index contributed by atoms with van der Waals surface area (Å²) in [7, 11) is 1.61. The summed E-state index contributed by atoms with van der Waals surface area (Å²) in [5, 5.41) is 8.52. The molecule has 0 saturated carbocycles. The van der Waals surface area contributed by atoms with Gasteiger partial charge in [0.05, 0.1) is 0 Å². The molecule has 0 spiro atoms. The summed E-state index contributed by atoms with van der Waals surface area (Å²) in [6.07, 6.45) is 0. The molecule has 1 aromatic carbocycles. The van der Waals surface area contributed by atoms with Crippen LogP contribution in [0.15, 0.2) is 18.2 Å². The molecule has 0 bridgehead atoms. The maximum Gasteiger partial charge on any atom is -1.00 e. The van der Waals surface area contributed by atoms with Gasteiger partial charge < -0.3 is 12.4 Å². The maximum absolute atomic E-state index is 8.52. The van der Waals surface area contributed by atoms with E-state index in [9.17, 15) is 0 Å². The first-order chi connectivity index (χ1) is 5.77. The first-order valence-corrected chi connectivity index (χ1v) is 5.05. The van der Waals surface area contributed by atoms with Crippen LogP contribution in [0.3, 0.4) is 0 Å². The standard InChI is InChI=1S/C8H8N2OSe.ClH/c1-11-6-2-3-7(10)8(4-6)12-5-9;/h2-4H,10H2,1H3;1H. The molecule has 5 heteroatoms. The largest absolute Gasteiger partial charge is 1.00 e. The van der Waals surface area contributed by atoms with Gasteiger partial charge in [-0.1, -0.05) is 0 Å². The average Bonchev–Trinajstić information content (AvgIpc) is 2.09. The van der Waals surface area contributed by atoms with Crippen molar-refractivity contribution in [1.82, 2.24) is 0 Å². The van der Waals surface area contributed by atoms with Crippen molar-refractivity contribution in [1.29, 1.82) is 5.26 Å². The number of nitrogens with zero attached hydrogens (tertiary/aromatic N) is 1. The topological polar surface area (TPSA) is 60.7 Å². The zero-order valence-electron chi connectivity index (χ0n) is 7.08. The summed E-state index contributed by atoms with van der Waals surface area (Å²) < 4.78 is 6.02. The summed E-state index contributed by atoms with van der Waals surface area (Å²) in [6, 6.07) is 5.58. The Morgan fingerprint density at radius 1 is 1.54 bits per heavy atom. The molecule has 1 rings (SSSR count). The number of nitriles is 1. The van der Waals surface area contributed by atoms with Crippen LogP contribution < -0.4 is 27.3 Å². The molecule has 0 aromatic heterocycles. The van der Waals surface area contributed by atoms with E-state index >= 15 is 0 Å². The second-order valence-corrected chi connectivity index (χ2v) is 3.90. The maximum atomic E-state index is 8.52. The Hall–Kier alpha value is -0.721. The monoisotopic (exact) mass is 264 g/mol. The Labute approximate surface area is 89.4 Å². The quantitative estimate of drug-likeness (QED) is 0.560. The van der Waals surface area contributed by atoms with Gasteiger partial charge in [0.1, 0.15) is 0 Å². The van der Waals surface area contributed by atoms with E-state index in [-0.39, 0.29) is 27.4 Å². The molecule has 0 unspecified atom stereocenters. The van der Waals surface area contributed by atoms with Crippen molar-refractivity contribution in [3.63, 3.8) is 0 Å². The van der Waals surface area contributed by atoms with Crippen molar-refractivity contribution in [2.24, 2.45) is 0 Å². The minimum atomic E-state index is -0.147. The van der Waals surface area contributed by atoms with Crippen LogP contribution in [0, 0.1) is 10.2 Å². The molecule has 3 N–H and O–H groups in total. The molecule has 0 aliphatic carbocycles. The number of hydrogen-bond acceptors (Lipinski definition) is 2. The third kappa shape index (κ3) is 3.25. The van der Waals surface area contributed by atoms with Crippen LogP contribution in [0.5, 0.6) is 5.75 Å². The summed E-state index contributed by atoms with van der Waals surface area (Å²) in [5.74, 6) is 0.787. The third-order valence-electron chi connectivity index (χ3n) is 1.43. The van der Waals surface area contributed by atoms with Crippen LogP contribution in [0.1, 0.15) is 0 Å². The fourth-order valence-electron chi connectivity index (χ4n) is 0.806. The Morgan fingerprint density at radius 3 is 2.77 bits per heavy atom. The Kier molecular flexibility index (Phi) is 5.52. The van der Waals surface area contributed by atoms with E-state index in [1.54, 1.807) is 7.11 Å². The number of benzene rings is 1. The van der Waals surface area contributed by atoms with Gasteiger partial charge in [0.15, 0.2) is 0 Å². The van der Waals surface area contributed by atoms with Gasteiger partial charge >= 0.3 is 76.9 Å². The smallest absolute Gasteiger partial charge is 1.00 e. The molecule has 0 fully saturated rings. The summed E-state index contributed by atoms with van der Waals surface area (Å²) >= 11 is -0.147. The molecular weight excluding hydrogens is 255 g/mol. The van der Waals surface area contributed by atoms with E-state index in [0.717, 1.165) is 15.9 Å². The van der Waals surface area contributed by atoms with E-state index in [1.165, 1.54) is 0 Å². The Bertz CT molecular complexity index is 324. The van der Waals surface area contributed by atoms with Crippen LogP contribution in [0.25, 0.3) is 0 Å². The average molecular weight is 264 g/mol. The minimum absolute atomic E-state index is 0. The predicted octanol–water partition coefficient (Wildman–Crippen LogP) is -3.62. The molecular formula is C8H9ClN2OSe. The SMILES string of the molecule is COc1ccc([NH3+])c([Se]C#N)c1.[Cl-]. The van der Waals surface area contributed by atoms with Crippen LogP contribution >= 0.6 is 0 Å². The molecule has 0 amide bonds. The molecule has 0 aliphatic heterocycles. The zero-order valence-corrected chi connectivity index (χ0v) is 9.55. The van der Waals surface area contributed by atoms with Crippen molar-refractivity contribution >= 4 is 25.1 Å². The zero-order chi connectivity index (χ0) is 8.97. The number of halogens is 1. The second-order valence-electron chi connectivity index (χ2n) is 2.17. The molecule has 1 aromatic rings. The van der Waals surface area contributed by atoms with Crippen molar-refractivity contribution < 1.29 is 22.9 Å². The molecule has 0 radical (unpaired) electrons. The van der Waals surface area contributed by atoms with Gasteiger partial charge in [0.2, 0.25) is 0 Å². The number of methoxy groups -OCH3 is 1. The summed E-state index contributed by atoms with van der Waals surface area (Å²) in [5.41, 5.74) is 4.74. The van der Waals surface area contributed by atoms with Gasteiger partial charge in [-0.3, -0.25) is 0 Å². The van der Waals surface area contributed by atoms with Crippen LogP contribution in [0.2, 0.25) is 0 Å². The molecule has 3 nitrogen and oxygen atoms in total. The van der Waals surface area contributed by atoms with Crippen LogP contribution in [0.4, 0.5) is 5.69 Å². The fraction of sp³-hybridized carbons (Fsp3) is 0.125. The van der Waals surface area contributed by atoms with E-state index in [4.69, 9.17) is 10.00 Å². The van der Waals surface area contributed by atoms with E-state index in [1.807, 2.05) is 18.2 Å². The third-order valence-corrected chi connectivity index (χ3v) is 2.88. The number of quaternary nitrogens is 1. The summed E-state index contributed by atoms with van der Waals surface area (Å²) in [6.45, 7) is 0. The number of rotatable bonds is 2. The van der Waals surface area contributed by atoms with Crippen LogP contribution in [-0.2, 0) is 0 Å². The number of hydrogen-bond donors (Lipinski definition) is 1. The van der Waals surface area contributed by atoms with Crippen molar-refractivity contribution in [3.8, 4) is 10.7 Å². The molecule has 0 aliphatic rings. The van der Waals surface area contributed by atoms with Crippen LogP contribution in [-0.4, -0.2) is 22.1 Å². The Morgan fingerprint density at radius 2 is 2.23 bits per heavy atom. The first kappa shape index (κ1) is 12.3. The van der Waals surface area contributed by atoms with Crippen molar-refractivity contribution in [2.45, 2.75) is 0 Å². The van der Waals surface area contributed by atoms with Crippen molar-refractivity contribution in [3.05, 3.63) is 18.2 Å².